The Morgan fingerprint density at radius 2 is 1.05 bits per heavy atom. The van der Waals surface area contributed by atoms with Crippen LogP contribution in [0.4, 0.5) is 0 Å². The molecule has 3 heterocycles. The summed E-state index contributed by atoms with van der Waals surface area (Å²) in [6.07, 6.45) is 6.74. The molecule has 0 spiro atoms. The fourth-order valence-corrected chi connectivity index (χ4v) is 9.43. The number of aromatic nitrogens is 4. The lowest BCUT2D eigenvalue weighted by Crippen LogP contribution is -2.02. The zero-order chi connectivity index (χ0) is 37.0. The third-order valence-corrected chi connectivity index (χ3v) is 12.1. The molecule has 0 bridgehead atoms. The quantitative estimate of drug-likeness (QED) is 0.171. The van der Waals surface area contributed by atoms with Crippen molar-refractivity contribution in [1.29, 1.82) is 0 Å². The predicted octanol–water partition coefficient (Wildman–Crippen LogP) is 13.5. The number of para-hydroxylation sites is 1. The first-order chi connectivity index (χ1) is 27.7. The van der Waals surface area contributed by atoms with Gasteiger partial charge in [-0.1, -0.05) is 133 Å². The molecule has 56 heavy (non-hydrogen) atoms. The highest BCUT2D eigenvalue weighted by atomic mass is 32.1. The van der Waals surface area contributed by atoms with E-state index in [-0.39, 0.29) is 0 Å². The van der Waals surface area contributed by atoms with Crippen LogP contribution in [0.1, 0.15) is 17.7 Å². The van der Waals surface area contributed by atoms with Crippen molar-refractivity contribution >= 4 is 48.5 Å². The molecule has 1 aliphatic rings. The number of hydrogen-bond donors (Lipinski definition) is 0. The van der Waals surface area contributed by atoms with E-state index in [1.54, 1.807) is 11.3 Å². The average molecular weight is 735 g/mol. The average Bonchev–Trinajstić information content (AvgIpc) is 3.82. The number of allylic oxidation sites excluding steroid dienone is 1. The second-order valence-corrected chi connectivity index (χ2v) is 15.4. The maximum absolute atomic E-state index is 5.06. The van der Waals surface area contributed by atoms with Gasteiger partial charge < -0.3 is 4.57 Å². The van der Waals surface area contributed by atoms with Crippen molar-refractivity contribution in [3.05, 3.63) is 187 Å². The molecule has 0 saturated carbocycles. The number of benzene rings is 7. The molecule has 5 heteroatoms. The standard InChI is InChI=1S/C51H34N4S/c1-4-14-33(15-5-1)49-52-50(34-16-6-2-7-17-34)54-51(53-49)42-24-13-23-41-44-32-38(27-29-47(44)56-48(41)42)36-19-12-18-35(30-36)37-26-28-46-43(31-37)40-22-10-11-25-45(40)55(46)39-20-8-3-9-21-39/h1-10,12-24,26-32H,11,25H2. The Morgan fingerprint density at radius 3 is 1.77 bits per heavy atom. The number of rotatable bonds is 6. The van der Waals surface area contributed by atoms with Crippen LogP contribution in [-0.2, 0) is 6.42 Å². The fourth-order valence-electron chi connectivity index (χ4n) is 8.23. The topological polar surface area (TPSA) is 43.6 Å². The van der Waals surface area contributed by atoms with Crippen molar-refractivity contribution < 1.29 is 0 Å². The minimum Gasteiger partial charge on any atom is -0.313 e. The van der Waals surface area contributed by atoms with Gasteiger partial charge in [-0.25, -0.2) is 15.0 Å². The lowest BCUT2D eigenvalue weighted by molar-refractivity contribution is 0.888. The zero-order valence-corrected chi connectivity index (χ0v) is 31.2. The van der Waals surface area contributed by atoms with Crippen molar-refractivity contribution in [3.8, 4) is 62.1 Å². The van der Waals surface area contributed by atoms with Gasteiger partial charge in [-0.3, -0.25) is 0 Å². The minimum atomic E-state index is 0.666. The van der Waals surface area contributed by atoms with Gasteiger partial charge in [0.2, 0.25) is 0 Å². The van der Waals surface area contributed by atoms with Crippen molar-refractivity contribution in [2.75, 3.05) is 0 Å². The van der Waals surface area contributed by atoms with Crippen LogP contribution in [0.5, 0.6) is 0 Å². The van der Waals surface area contributed by atoms with Crippen LogP contribution >= 0.6 is 11.3 Å². The first-order valence-corrected chi connectivity index (χ1v) is 19.9. The van der Waals surface area contributed by atoms with Gasteiger partial charge in [0.25, 0.3) is 0 Å². The Labute approximate surface area is 328 Å². The molecule has 0 radical (unpaired) electrons. The van der Waals surface area contributed by atoms with Gasteiger partial charge in [0.1, 0.15) is 0 Å². The molecule has 10 aromatic rings. The Balaban J connectivity index is 0.997. The van der Waals surface area contributed by atoms with E-state index in [0.717, 1.165) is 29.5 Å². The molecular formula is C51H34N4S. The van der Waals surface area contributed by atoms with Crippen molar-refractivity contribution in [1.82, 2.24) is 19.5 Å². The molecule has 11 rings (SSSR count). The van der Waals surface area contributed by atoms with Crippen LogP contribution in [0.25, 0.3) is 99.3 Å². The highest BCUT2D eigenvalue weighted by Crippen LogP contribution is 2.42. The summed E-state index contributed by atoms with van der Waals surface area (Å²) in [5.74, 6) is 2.01. The first kappa shape index (κ1) is 32.5. The normalized spacial score (nSPS) is 12.4. The third-order valence-electron chi connectivity index (χ3n) is 10.9. The number of fused-ring (bicyclic) bond motifs is 6. The highest BCUT2D eigenvalue weighted by Gasteiger charge is 2.20. The molecule has 4 nitrogen and oxygen atoms in total. The van der Waals surface area contributed by atoms with Gasteiger partial charge >= 0.3 is 0 Å². The number of thiophene rings is 1. The maximum atomic E-state index is 5.06. The van der Waals surface area contributed by atoms with Crippen LogP contribution in [0.3, 0.4) is 0 Å². The molecule has 264 valence electrons. The SMILES string of the molecule is C1=Cc2c(n(-c3ccccc3)c3ccc(-c4cccc(-c5ccc6sc7c(-c8nc(-c9ccccc9)nc(-c9ccccc9)n8)cccc7c6c5)c4)cc23)CC1. The van der Waals surface area contributed by atoms with Crippen molar-refractivity contribution in [2.24, 2.45) is 0 Å². The zero-order valence-electron chi connectivity index (χ0n) is 30.4. The van der Waals surface area contributed by atoms with Gasteiger partial charge in [-0.15, -0.1) is 11.3 Å². The van der Waals surface area contributed by atoms with E-state index in [2.05, 4.69) is 150 Å². The Kier molecular flexibility index (Phi) is 7.78. The summed E-state index contributed by atoms with van der Waals surface area (Å²) in [5, 5.41) is 3.74. The fraction of sp³-hybridized carbons (Fsp3) is 0.0392. The monoisotopic (exact) mass is 734 g/mol. The molecule has 1 aliphatic carbocycles. The van der Waals surface area contributed by atoms with E-state index in [1.165, 1.54) is 70.3 Å². The molecule has 3 aromatic heterocycles. The van der Waals surface area contributed by atoms with E-state index in [1.807, 2.05) is 36.4 Å². The second kappa shape index (κ2) is 13.4. The van der Waals surface area contributed by atoms with E-state index >= 15 is 0 Å². The van der Waals surface area contributed by atoms with Crippen LogP contribution in [0.15, 0.2) is 176 Å². The molecule has 0 saturated heterocycles. The van der Waals surface area contributed by atoms with Crippen LogP contribution in [0, 0.1) is 0 Å². The number of nitrogens with zero attached hydrogens (tertiary/aromatic N) is 4. The minimum absolute atomic E-state index is 0.666. The van der Waals surface area contributed by atoms with Crippen molar-refractivity contribution in [2.45, 2.75) is 12.8 Å². The molecule has 0 unspecified atom stereocenters. The third kappa shape index (κ3) is 5.55. The van der Waals surface area contributed by atoms with Crippen LogP contribution in [-0.4, -0.2) is 19.5 Å². The van der Waals surface area contributed by atoms with Gasteiger partial charge in [-0.05, 0) is 83.6 Å². The van der Waals surface area contributed by atoms with Crippen LogP contribution < -0.4 is 0 Å². The van der Waals surface area contributed by atoms with Gasteiger partial charge in [0.05, 0.1) is 5.52 Å². The summed E-state index contributed by atoms with van der Waals surface area (Å²) in [6, 6.07) is 60.4. The van der Waals surface area contributed by atoms with Gasteiger partial charge in [0.15, 0.2) is 17.5 Å². The second-order valence-electron chi connectivity index (χ2n) is 14.3. The number of hydrogen-bond acceptors (Lipinski definition) is 4. The Morgan fingerprint density at radius 1 is 0.464 bits per heavy atom. The molecule has 0 N–H and O–H groups in total. The van der Waals surface area contributed by atoms with Crippen LogP contribution in [0.2, 0.25) is 0 Å². The summed E-state index contributed by atoms with van der Waals surface area (Å²) in [6.45, 7) is 0. The molecule has 0 amide bonds. The molecular weight excluding hydrogens is 701 g/mol. The predicted molar refractivity (Wildman–Crippen MR) is 234 cm³/mol. The smallest absolute Gasteiger partial charge is 0.165 e. The van der Waals surface area contributed by atoms with E-state index < -0.39 is 0 Å². The lowest BCUT2D eigenvalue weighted by atomic mass is 9.96. The molecule has 0 fully saturated rings. The Bertz CT molecular complexity index is 3070. The Hall–Kier alpha value is -6.95. The summed E-state index contributed by atoms with van der Waals surface area (Å²) >= 11 is 1.80. The van der Waals surface area contributed by atoms with E-state index in [4.69, 9.17) is 15.0 Å². The molecule has 0 atom stereocenters. The van der Waals surface area contributed by atoms with Crippen molar-refractivity contribution in [3.63, 3.8) is 0 Å². The first-order valence-electron chi connectivity index (χ1n) is 19.1. The van der Waals surface area contributed by atoms with E-state index in [9.17, 15) is 0 Å². The highest BCUT2D eigenvalue weighted by molar-refractivity contribution is 7.26. The lowest BCUT2D eigenvalue weighted by Gasteiger charge is -2.13. The van der Waals surface area contributed by atoms with Gasteiger partial charge in [-0.2, -0.15) is 0 Å². The van der Waals surface area contributed by atoms with E-state index in [0.29, 0.717) is 17.5 Å². The summed E-state index contributed by atoms with van der Waals surface area (Å²) in [7, 11) is 0. The van der Waals surface area contributed by atoms with Gasteiger partial charge in [0, 0.05) is 59.2 Å². The molecule has 0 aliphatic heterocycles. The molecule has 7 aromatic carbocycles. The summed E-state index contributed by atoms with van der Waals surface area (Å²) in [4.78, 5) is 15.0. The summed E-state index contributed by atoms with van der Waals surface area (Å²) < 4.78 is 4.86. The largest absolute Gasteiger partial charge is 0.313 e. The summed E-state index contributed by atoms with van der Waals surface area (Å²) in [5.41, 5.74) is 13.0. The maximum Gasteiger partial charge on any atom is 0.165 e.